The number of nitrogens with one attached hydrogen (secondary N) is 1. The van der Waals surface area contributed by atoms with E-state index in [1.54, 1.807) is 49.4 Å². The molecule has 0 aromatic heterocycles. The number of carbonyl (C=O) groups is 2. The summed E-state index contributed by atoms with van der Waals surface area (Å²) in [5, 5.41) is 3.12. The molecule has 1 atom stereocenters. The second kappa shape index (κ2) is 14.0. The Labute approximate surface area is 250 Å². The molecular formula is C31H36BrN3O5S. The largest absolute Gasteiger partial charge is 0.495 e. The van der Waals surface area contributed by atoms with Gasteiger partial charge >= 0.3 is 0 Å². The Morgan fingerprint density at radius 3 is 2.24 bits per heavy atom. The highest BCUT2D eigenvalue weighted by atomic mass is 79.9. The van der Waals surface area contributed by atoms with Crippen LogP contribution in [-0.2, 0) is 26.2 Å². The normalized spacial score (nSPS) is 14.6. The molecule has 0 bridgehead atoms. The number of methoxy groups -OCH3 is 1. The lowest BCUT2D eigenvalue weighted by Gasteiger charge is -2.33. The maximum Gasteiger partial charge on any atom is 0.264 e. The minimum absolute atomic E-state index is 0.0428. The second-order valence-electron chi connectivity index (χ2n) is 10.2. The molecule has 2 amide bonds. The van der Waals surface area contributed by atoms with Gasteiger partial charge in [0.05, 0.1) is 17.7 Å². The van der Waals surface area contributed by atoms with Crippen LogP contribution in [0.1, 0.15) is 44.6 Å². The van der Waals surface area contributed by atoms with Crippen LogP contribution >= 0.6 is 15.9 Å². The van der Waals surface area contributed by atoms with Crippen molar-refractivity contribution in [3.63, 3.8) is 0 Å². The van der Waals surface area contributed by atoms with Crippen LogP contribution in [0.15, 0.2) is 88.2 Å². The number of hydrogen-bond donors (Lipinski definition) is 1. The Balaban J connectivity index is 1.69. The summed E-state index contributed by atoms with van der Waals surface area (Å²) in [5.74, 6) is -0.455. The van der Waals surface area contributed by atoms with Crippen molar-refractivity contribution in [2.75, 3.05) is 18.0 Å². The van der Waals surface area contributed by atoms with E-state index in [2.05, 4.69) is 21.2 Å². The highest BCUT2D eigenvalue weighted by molar-refractivity contribution is 9.10. The van der Waals surface area contributed by atoms with Gasteiger partial charge in [0, 0.05) is 17.1 Å². The smallest absolute Gasteiger partial charge is 0.264 e. The molecule has 8 nitrogen and oxygen atoms in total. The van der Waals surface area contributed by atoms with Crippen molar-refractivity contribution >= 4 is 43.5 Å². The minimum Gasteiger partial charge on any atom is -0.495 e. The zero-order valence-corrected chi connectivity index (χ0v) is 25.7. The van der Waals surface area contributed by atoms with Crippen LogP contribution in [0, 0.1) is 0 Å². The Hall–Kier alpha value is -3.37. The van der Waals surface area contributed by atoms with Crippen LogP contribution in [-0.4, -0.2) is 50.9 Å². The fraction of sp³-hybridized carbons (Fsp3) is 0.355. The van der Waals surface area contributed by atoms with Gasteiger partial charge in [-0.15, -0.1) is 0 Å². The third kappa shape index (κ3) is 7.68. The van der Waals surface area contributed by atoms with E-state index in [0.29, 0.717) is 5.75 Å². The summed E-state index contributed by atoms with van der Waals surface area (Å²) in [6.45, 7) is 1.31. The van der Waals surface area contributed by atoms with Gasteiger partial charge in [0.2, 0.25) is 11.8 Å². The monoisotopic (exact) mass is 641 g/mol. The maximum absolute atomic E-state index is 14.1. The predicted molar refractivity (Wildman–Crippen MR) is 163 cm³/mol. The standard InChI is InChI=1S/C31H36BrN3O5S/c1-23(31(37)33-26-11-5-3-6-12-26)34(21-24-17-19-25(32)20-18-24)30(36)22-35(28-15-9-10-16-29(28)40-2)41(38,39)27-13-7-4-8-14-27/h4,7-10,13-20,23,26H,3,5-6,11-12,21-22H2,1-2H3,(H,33,37). The van der Waals surface area contributed by atoms with E-state index < -0.39 is 28.5 Å². The van der Waals surface area contributed by atoms with Crippen molar-refractivity contribution in [1.82, 2.24) is 10.2 Å². The fourth-order valence-corrected chi connectivity index (χ4v) is 6.72. The number of para-hydroxylation sites is 2. The van der Waals surface area contributed by atoms with E-state index >= 15 is 0 Å². The molecule has 41 heavy (non-hydrogen) atoms. The van der Waals surface area contributed by atoms with Crippen LogP contribution in [0.4, 0.5) is 5.69 Å². The molecule has 0 saturated heterocycles. The third-order valence-corrected chi connectivity index (χ3v) is 9.65. The van der Waals surface area contributed by atoms with E-state index in [-0.39, 0.29) is 29.1 Å². The van der Waals surface area contributed by atoms with Crippen molar-refractivity contribution in [3.8, 4) is 5.75 Å². The molecule has 1 saturated carbocycles. The summed E-state index contributed by atoms with van der Waals surface area (Å²) in [6.07, 6.45) is 5.11. The summed E-state index contributed by atoms with van der Waals surface area (Å²) in [7, 11) is -2.71. The van der Waals surface area contributed by atoms with Gasteiger partial charge in [0.15, 0.2) is 0 Å². The number of benzene rings is 3. The number of anilines is 1. The maximum atomic E-state index is 14.1. The van der Waals surface area contributed by atoms with Crippen LogP contribution in [0.5, 0.6) is 5.75 Å². The van der Waals surface area contributed by atoms with Crippen molar-refractivity contribution in [2.45, 2.75) is 62.6 Å². The van der Waals surface area contributed by atoms with E-state index in [1.807, 2.05) is 24.3 Å². The molecule has 0 heterocycles. The van der Waals surface area contributed by atoms with Gasteiger partial charge in [-0.05, 0) is 61.7 Å². The molecule has 3 aromatic carbocycles. The third-order valence-electron chi connectivity index (χ3n) is 7.35. The second-order valence-corrected chi connectivity index (χ2v) is 12.9. The van der Waals surface area contributed by atoms with Crippen LogP contribution in [0.3, 0.4) is 0 Å². The lowest BCUT2D eigenvalue weighted by atomic mass is 9.95. The number of ether oxygens (including phenoxy) is 1. The van der Waals surface area contributed by atoms with Gasteiger partial charge in [-0.1, -0.05) is 77.7 Å². The summed E-state index contributed by atoms with van der Waals surface area (Å²) in [6, 6.07) is 21.4. The number of halogens is 1. The van der Waals surface area contributed by atoms with Gasteiger partial charge < -0.3 is 15.0 Å². The molecule has 1 aliphatic carbocycles. The van der Waals surface area contributed by atoms with Crippen molar-refractivity contribution in [3.05, 3.63) is 88.9 Å². The van der Waals surface area contributed by atoms with E-state index in [0.717, 1.165) is 46.4 Å². The van der Waals surface area contributed by atoms with Crippen LogP contribution < -0.4 is 14.4 Å². The fourth-order valence-electron chi connectivity index (χ4n) is 5.01. The van der Waals surface area contributed by atoms with E-state index in [1.165, 1.54) is 24.1 Å². The molecule has 0 spiro atoms. The molecule has 0 aliphatic heterocycles. The summed E-state index contributed by atoms with van der Waals surface area (Å²) >= 11 is 3.43. The molecule has 3 aromatic rings. The zero-order chi connectivity index (χ0) is 29.4. The Bertz CT molecular complexity index is 1430. The van der Waals surface area contributed by atoms with Gasteiger partial charge in [0.1, 0.15) is 18.3 Å². The summed E-state index contributed by atoms with van der Waals surface area (Å²) in [5.41, 5.74) is 1.05. The lowest BCUT2D eigenvalue weighted by Crippen LogP contribution is -2.53. The topological polar surface area (TPSA) is 96.0 Å². The van der Waals surface area contributed by atoms with Crippen molar-refractivity contribution in [2.24, 2.45) is 0 Å². The van der Waals surface area contributed by atoms with Gasteiger partial charge in [0.25, 0.3) is 10.0 Å². The predicted octanol–water partition coefficient (Wildman–Crippen LogP) is 5.52. The molecule has 1 aliphatic rings. The first kappa shape index (κ1) is 30.6. The highest BCUT2D eigenvalue weighted by Crippen LogP contribution is 2.32. The number of amides is 2. The highest BCUT2D eigenvalue weighted by Gasteiger charge is 2.34. The van der Waals surface area contributed by atoms with Crippen molar-refractivity contribution < 1.29 is 22.7 Å². The van der Waals surface area contributed by atoms with E-state index in [9.17, 15) is 18.0 Å². The SMILES string of the molecule is COc1ccccc1N(CC(=O)N(Cc1ccc(Br)cc1)C(C)C(=O)NC1CCCCC1)S(=O)(=O)c1ccccc1. The van der Waals surface area contributed by atoms with Crippen LogP contribution in [0.25, 0.3) is 0 Å². The van der Waals surface area contributed by atoms with E-state index in [4.69, 9.17) is 4.74 Å². The molecule has 10 heteroatoms. The molecule has 4 rings (SSSR count). The first-order chi connectivity index (χ1) is 19.7. The number of nitrogens with zero attached hydrogens (tertiary/aromatic N) is 2. The van der Waals surface area contributed by atoms with Gasteiger partial charge in [-0.25, -0.2) is 8.42 Å². The quantitative estimate of drug-likeness (QED) is 0.297. The number of sulfonamides is 1. The number of carbonyl (C=O) groups excluding carboxylic acids is 2. The average molecular weight is 643 g/mol. The first-order valence-corrected chi connectivity index (χ1v) is 16.0. The number of hydrogen-bond acceptors (Lipinski definition) is 5. The Kier molecular flexibility index (Phi) is 10.4. The minimum atomic E-state index is -4.16. The molecule has 218 valence electrons. The molecule has 1 unspecified atom stereocenters. The Morgan fingerprint density at radius 2 is 1.59 bits per heavy atom. The average Bonchev–Trinajstić information content (AvgIpc) is 3.00. The summed E-state index contributed by atoms with van der Waals surface area (Å²) < 4.78 is 35.3. The number of rotatable bonds is 11. The summed E-state index contributed by atoms with van der Waals surface area (Å²) in [4.78, 5) is 29.0. The zero-order valence-electron chi connectivity index (χ0n) is 23.3. The molecule has 1 fully saturated rings. The van der Waals surface area contributed by atoms with Crippen LogP contribution in [0.2, 0.25) is 0 Å². The Morgan fingerprint density at radius 1 is 0.951 bits per heavy atom. The van der Waals surface area contributed by atoms with Crippen molar-refractivity contribution in [1.29, 1.82) is 0 Å². The van der Waals surface area contributed by atoms with Gasteiger partial charge in [-0.2, -0.15) is 0 Å². The molecule has 0 radical (unpaired) electrons. The first-order valence-electron chi connectivity index (χ1n) is 13.8. The molecule has 1 N–H and O–H groups in total. The lowest BCUT2D eigenvalue weighted by molar-refractivity contribution is -0.139. The molecular weight excluding hydrogens is 606 g/mol. The van der Waals surface area contributed by atoms with Gasteiger partial charge in [-0.3, -0.25) is 13.9 Å².